The molecule has 1 fully saturated rings. The van der Waals surface area contributed by atoms with Gasteiger partial charge in [-0.1, -0.05) is 12.1 Å². The van der Waals surface area contributed by atoms with Gasteiger partial charge in [0, 0.05) is 19.0 Å². The van der Waals surface area contributed by atoms with Gasteiger partial charge < -0.3 is 20.5 Å². The van der Waals surface area contributed by atoms with Gasteiger partial charge in [0.1, 0.15) is 5.75 Å². The van der Waals surface area contributed by atoms with Crippen LogP contribution >= 0.6 is 0 Å². The minimum Gasteiger partial charge on any atom is -0.465 e. The molecule has 1 aliphatic rings. The van der Waals surface area contributed by atoms with E-state index < -0.39 is 12.5 Å². The second-order valence-electron chi connectivity index (χ2n) is 4.44. The van der Waals surface area contributed by atoms with Gasteiger partial charge in [-0.25, -0.2) is 4.79 Å². The third kappa shape index (κ3) is 3.77. The van der Waals surface area contributed by atoms with Crippen LogP contribution in [0, 0.1) is 0 Å². The maximum absolute atomic E-state index is 12.2. The van der Waals surface area contributed by atoms with Crippen molar-refractivity contribution in [2.45, 2.75) is 18.3 Å². The first-order chi connectivity index (χ1) is 9.35. The van der Waals surface area contributed by atoms with Crippen molar-refractivity contribution in [1.82, 2.24) is 10.6 Å². The summed E-state index contributed by atoms with van der Waals surface area (Å²) in [4.78, 5) is 10.7. The molecule has 0 spiro atoms. The first-order valence-electron chi connectivity index (χ1n) is 5.91. The number of ether oxygens (including phenoxy) is 1. The van der Waals surface area contributed by atoms with Gasteiger partial charge >= 0.3 is 12.5 Å². The third-order valence-electron chi connectivity index (χ3n) is 3.04. The van der Waals surface area contributed by atoms with Crippen LogP contribution in [0.1, 0.15) is 11.5 Å². The Kier molecular flexibility index (Phi) is 4.03. The molecule has 0 saturated carbocycles. The average Bonchev–Trinajstić information content (AvgIpc) is 2.74. The van der Waals surface area contributed by atoms with Crippen LogP contribution in [-0.4, -0.2) is 36.7 Å². The van der Waals surface area contributed by atoms with Crippen LogP contribution in [0.4, 0.5) is 18.0 Å². The fraction of sp³-hybridized carbons (Fsp3) is 0.417. The van der Waals surface area contributed by atoms with E-state index in [1.54, 1.807) is 6.07 Å². The fourth-order valence-corrected chi connectivity index (χ4v) is 2.28. The molecule has 1 aromatic carbocycles. The van der Waals surface area contributed by atoms with E-state index in [0.717, 1.165) is 0 Å². The number of benzene rings is 1. The molecule has 1 aliphatic heterocycles. The molecule has 2 atom stereocenters. The zero-order valence-corrected chi connectivity index (χ0v) is 10.3. The summed E-state index contributed by atoms with van der Waals surface area (Å²) in [7, 11) is 0. The molecule has 20 heavy (non-hydrogen) atoms. The second kappa shape index (κ2) is 5.58. The standard InChI is InChI=1S/C12H13F3N2O3/c13-12(14,15)20-8-3-1-2-7(4-8)9-5-16-6-10(9)17-11(18)19/h1-4,9-10,16-17H,5-6H2,(H,18,19). The minimum atomic E-state index is -4.74. The molecular formula is C12H13F3N2O3. The Morgan fingerprint density at radius 2 is 2.15 bits per heavy atom. The minimum absolute atomic E-state index is 0.233. The van der Waals surface area contributed by atoms with Crippen molar-refractivity contribution in [3.05, 3.63) is 29.8 Å². The lowest BCUT2D eigenvalue weighted by Crippen LogP contribution is -2.38. The molecular weight excluding hydrogens is 277 g/mol. The topological polar surface area (TPSA) is 70.6 Å². The Hall–Kier alpha value is -1.96. The number of carbonyl (C=O) groups is 1. The number of hydrogen-bond donors (Lipinski definition) is 3. The highest BCUT2D eigenvalue weighted by Crippen LogP contribution is 2.29. The average molecular weight is 290 g/mol. The van der Waals surface area contributed by atoms with Crippen LogP contribution in [0.5, 0.6) is 5.75 Å². The number of hydrogen-bond acceptors (Lipinski definition) is 3. The van der Waals surface area contributed by atoms with Gasteiger partial charge in [0.05, 0.1) is 6.04 Å². The van der Waals surface area contributed by atoms with Crippen LogP contribution in [0.2, 0.25) is 0 Å². The van der Waals surface area contributed by atoms with Gasteiger partial charge in [0.25, 0.3) is 0 Å². The first kappa shape index (κ1) is 14.4. The summed E-state index contributed by atoms with van der Waals surface area (Å²) in [6, 6.07) is 5.21. The molecule has 1 amide bonds. The highest BCUT2D eigenvalue weighted by molar-refractivity contribution is 5.65. The Morgan fingerprint density at radius 3 is 2.80 bits per heavy atom. The van der Waals surface area contributed by atoms with Gasteiger partial charge in [-0.15, -0.1) is 13.2 Å². The zero-order chi connectivity index (χ0) is 14.8. The van der Waals surface area contributed by atoms with Gasteiger partial charge in [-0.2, -0.15) is 0 Å². The summed E-state index contributed by atoms with van der Waals surface area (Å²) in [5, 5.41) is 14.1. The van der Waals surface area contributed by atoms with E-state index in [1.807, 2.05) is 0 Å². The van der Waals surface area contributed by atoms with Crippen molar-refractivity contribution in [3.63, 3.8) is 0 Å². The molecule has 2 rings (SSSR count). The number of halogens is 3. The Labute approximate surface area is 112 Å². The van der Waals surface area contributed by atoms with E-state index >= 15 is 0 Å². The van der Waals surface area contributed by atoms with Crippen LogP contribution in [0.15, 0.2) is 24.3 Å². The van der Waals surface area contributed by atoms with E-state index in [-0.39, 0.29) is 17.7 Å². The van der Waals surface area contributed by atoms with Crippen LogP contribution in [0.25, 0.3) is 0 Å². The van der Waals surface area contributed by atoms with Crippen molar-refractivity contribution < 1.29 is 27.8 Å². The molecule has 110 valence electrons. The summed E-state index contributed by atoms with van der Waals surface area (Å²) in [6.45, 7) is 0.918. The highest BCUT2D eigenvalue weighted by Gasteiger charge is 2.33. The number of rotatable bonds is 3. The smallest absolute Gasteiger partial charge is 0.465 e. The molecule has 0 bridgehead atoms. The summed E-state index contributed by atoms with van der Waals surface area (Å²) >= 11 is 0. The predicted octanol–water partition coefficient (Wildman–Crippen LogP) is 1.91. The highest BCUT2D eigenvalue weighted by atomic mass is 19.4. The summed E-state index contributed by atoms with van der Waals surface area (Å²) in [5.41, 5.74) is 0.593. The molecule has 8 heteroatoms. The molecule has 1 saturated heterocycles. The van der Waals surface area contributed by atoms with E-state index in [0.29, 0.717) is 18.7 Å². The van der Waals surface area contributed by atoms with Crippen molar-refractivity contribution >= 4 is 6.09 Å². The van der Waals surface area contributed by atoms with Crippen LogP contribution in [0.3, 0.4) is 0 Å². The Balaban J connectivity index is 2.15. The normalized spacial score (nSPS) is 22.6. The third-order valence-corrected chi connectivity index (χ3v) is 3.04. The first-order valence-corrected chi connectivity index (χ1v) is 5.91. The molecule has 5 nitrogen and oxygen atoms in total. The zero-order valence-electron chi connectivity index (χ0n) is 10.3. The van der Waals surface area contributed by atoms with E-state index in [2.05, 4.69) is 15.4 Å². The van der Waals surface area contributed by atoms with Crippen LogP contribution < -0.4 is 15.4 Å². The molecule has 2 unspecified atom stereocenters. The number of nitrogens with one attached hydrogen (secondary N) is 2. The number of carboxylic acid groups (broad SMARTS) is 1. The lowest BCUT2D eigenvalue weighted by molar-refractivity contribution is -0.274. The summed E-state index contributed by atoms with van der Waals surface area (Å²) in [5.74, 6) is -0.543. The maximum Gasteiger partial charge on any atom is 0.573 e. The number of amides is 1. The second-order valence-corrected chi connectivity index (χ2v) is 4.44. The van der Waals surface area contributed by atoms with Crippen LogP contribution in [-0.2, 0) is 0 Å². The van der Waals surface area contributed by atoms with Gasteiger partial charge in [-0.3, -0.25) is 0 Å². The lowest BCUT2D eigenvalue weighted by Gasteiger charge is -2.19. The molecule has 1 aromatic rings. The molecule has 0 radical (unpaired) electrons. The largest absolute Gasteiger partial charge is 0.573 e. The van der Waals surface area contributed by atoms with Crippen molar-refractivity contribution in [3.8, 4) is 5.75 Å². The summed E-state index contributed by atoms with van der Waals surface area (Å²) < 4.78 is 40.4. The molecule has 3 N–H and O–H groups in total. The van der Waals surface area contributed by atoms with Crippen molar-refractivity contribution in [2.24, 2.45) is 0 Å². The summed E-state index contributed by atoms with van der Waals surface area (Å²) in [6.07, 6.45) is -5.91. The van der Waals surface area contributed by atoms with E-state index in [4.69, 9.17) is 5.11 Å². The number of alkyl halides is 3. The maximum atomic E-state index is 12.2. The Bertz CT molecular complexity index is 493. The van der Waals surface area contributed by atoms with Crippen molar-refractivity contribution in [1.29, 1.82) is 0 Å². The predicted molar refractivity (Wildman–Crippen MR) is 63.7 cm³/mol. The molecule has 0 aromatic heterocycles. The monoisotopic (exact) mass is 290 g/mol. The molecule has 0 aliphatic carbocycles. The quantitative estimate of drug-likeness (QED) is 0.795. The lowest BCUT2D eigenvalue weighted by atomic mass is 9.94. The van der Waals surface area contributed by atoms with Crippen molar-refractivity contribution in [2.75, 3.05) is 13.1 Å². The van der Waals surface area contributed by atoms with Gasteiger partial charge in [0.2, 0.25) is 0 Å². The van der Waals surface area contributed by atoms with Gasteiger partial charge in [-0.05, 0) is 17.7 Å². The Morgan fingerprint density at radius 1 is 1.40 bits per heavy atom. The fourth-order valence-electron chi connectivity index (χ4n) is 2.28. The molecule has 1 heterocycles. The van der Waals surface area contributed by atoms with E-state index in [9.17, 15) is 18.0 Å². The SMILES string of the molecule is O=C(O)NC1CNCC1c1cccc(OC(F)(F)F)c1. The van der Waals surface area contributed by atoms with Gasteiger partial charge in [0.15, 0.2) is 0 Å². The van der Waals surface area contributed by atoms with E-state index in [1.165, 1.54) is 18.2 Å².